The third kappa shape index (κ3) is 3.75. The smallest absolute Gasteiger partial charge is 0.175 e. The van der Waals surface area contributed by atoms with E-state index in [1.54, 1.807) is 24.4 Å². The molecule has 0 unspecified atom stereocenters. The van der Waals surface area contributed by atoms with Crippen LogP contribution in [0.4, 0.5) is 17.3 Å². The molecule has 136 valence electrons. The fourth-order valence-corrected chi connectivity index (χ4v) is 3.34. The first-order chi connectivity index (χ1) is 12.4. The number of hydrogen-bond donors (Lipinski definition) is 1. The summed E-state index contributed by atoms with van der Waals surface area (Å²) < 4.78 is 23.7. The SMILES string of the molecule is CCN(CC)c1ccc(Nc2ncnc3ccc(S(C)(=O)=O)cc23)cn1. The molecule has 0 aliphatic heterocycles. The van der Waals surface area contributed by atoms with E-state index >= 15 is 0 Å². The molecule has 1 aromatic carbocycles. The second kappa shape index (κ2) is 7.25. The van der Waals surface area contributed by atoms with Crippen LogP contribution in [-0.2, 0) is 9.84 Å². The van der Waals surface area contributed by atoms with Gasteiger partial charge in [-0.15, -0.1) is 0 Å². The zero-order chi connectivity index (χ0) is 18.7. The number of benzene rings is 1. The molecule has 0 saturated carbocycles. The van der Waals surface area contributed by atoms with E-state index in [0.717, 1.165) is 24.6 Å². The van der Waals surface area contributed by atoms with Crippen LogP contribution in [0.5, 0.6) is 0 Å². The summed E-state index contributed by atoms with van der Waals surface area (Å²) in [6, 6.07) is 8.69. The Morgan fingerprint density at radius 1 is 1.04 bits per heavy atom. The number of sulfone groups is 1. The molecule has 3 rings (SSSR count). The van der Waals surface area contributed by atoms with Crippen molar-refractivity contribution in [2.45, 2.75) is 18.7 Å². The minimum Gasteiger partial charge on any atom is -0.357 e. The fourth-order valence-electron chi connectivity index (χ4n) is 2.70. The van der Waals surface area contributed by atoms with E-state index in [2.05, 4.69) is 39.0 Å². The summed E-state index contributed by atoms with van der Waals surface area (Å²) in [5.74, 6) is 1.45. The van der Waals surface area contributed by atoms with Crippen molar-refractivity contribution in [3.05, 3.63) is 42.9 Å². The van der Waals surface area contributed by atoms with Gasteiger partial charge in [-0.05, 0) is 44.2 Å². The maximum atomic E-state index is 11.8. The first kappa shape index (κ1) is 18.1. The van der Waals surface area contributed by atoms with Crippen LogP contribution >= 0.6 is 0 Å². The minimum atomic E-state index is -3.31. The number of anilines is 3. The molecular weight excluding hydrogens is 350 g/mol. The molecular formula is C18H21N5O2S. The average molecular weight is 371 g/mol. The van der Waals surface area contributed by atoms with Crippen molar-refractivity contribution in [2.24, 2.45) is 0 Å². The number of fused-ring (bicyclic) bond motifs is 1. The molecule has 0 aliphatic carbocycles. The standard InChI is InChI=1S/C18H21N5O2S/c1-4-23(5-2)17-9-6-13(11-19-17)22-18-15-10-14(26(3,24)25)7-8-16(15)20-12-21-18/h6-12H,4-5H2,1-3H3,(H,20,21,22). The van der Waals surface area contributed by atoms with Gasteiger partial charge in [0.1, 0.15) is 18.0 Å². The number of nitrogens with zero attached hydrogens (tertiary/aromatic N) is 4. The molecule has 0 saturated heterocycles. The van der Waals surface area contributed by atoms with E-state index in [-0.39, 0.29) is 4.90 Å². The van der Waals surface area contributed by atoms with Gasteiger partial charge in [0, 0.05) is 24.7 Å². The van der Waals surface area contributed by atoms with E-state index in [1.165, 1.54) is 12.6 Å². The lowest BCUT2D eigenvalue weighted by Gasteiger charge is -2.19. The van der Waals surface area contributed by atoms with Crippen molar-refractivity contribution in [3.8, 4) is 0 Å². The maximum absolute atomic E-state index is 11.8. The summed E-state index contributed by atoms with van der Waals surface area (Å²) in [5.41, 5.74) is 1.44. The van der Waals surface area contributed by atoms with Gasteiger partial charge in [-0.25, -0.2) is 23.4 Å². The van der Waals surface area contributed by atoms with Crippen molar-refractivity contribution in [1.82, 2.24) is 15.0 Å². The van der Waals surface area contributed by atoms with Gasteiger partial charge < -0.3 is 10.2 Å². The number of hydrogen-bond acceptors (Lipinski definition) is 7. The number of rotatable bonds is 6. The van der Waals surface area contributed by atoms with Crippen LogP contribution in [0.15, 0.2) is 47.8 Å². The highest BCUT2D eigenvalue weighted by Crippen LogP contribution is 2.26. The first-order valence-electron chi connectivity index (χ1n) is 8.35. The zero-order valence-corrected chi connectivity index (χ0v) is 15.8. The van der Waals surface area contributed by atoms with Crippen molar-refractivity contribution >= 4 is 38.1 Å². The highest BCUT2D eigenvalue weighted by molar-refractivity contribution is 7.90. The maximum Gasteiger partial charge on any atom is 0.175 e. The van der Waals surface area contributed by atoms with Crippen LogP contribution in [0.3, 0.4) is 0 Å². The molecule has 0 bridgehead atoms. The van der Waals surface area contributed by atoms with Crippen LogP contribution in [0.1, 0.15) is 13.8 Å². The quantitative estimate of drug-likeness (QED) is 0.712. The molecule has 0 amide bonds. The van der Waals surface area contributed by atoms with Crippen LogP contribution in [-0.4, -0.2) is 42.7 Å². The van der Waals surface area contributed by atoms with Gasteiger partial charge in [0.25, 0.3) is 0 Å². The Kier molecular flexibility index (Phi) is 5.03. The van der Waals surface area contributed by atoms with Crippen LogP contribution < -0.4 is 10.2 Å². The molecule has 7 nitrogen and oxygen atoms in total. The molecule has 3 aromatic rings. The summed E-state index contributed by atoms with van der Waals surface area (Å²) >= 11 is 0. The van der Waals surface area contributed by atoms with Gasteiger partial charge in [0.15, 0.2) is 9.84 Å². The Bertz CT molecular complexity index is 1020. The van der Waals surface area contributed by atoms with E-state index in [4.69, 9.17) is 0 Å². The normalized spacial score (nSPS) is 11.5. The zero-order valence-electron chi connectivity index (χ0n) is 15.0. The third-order valence-electron chi connectivity index (χ3n) is 4.13. The third-order valence-corrected chi connectivity index (χ3v) is 5.24. The Balaban J connectivity index is 1.95. The lowest BCUT2D eigenvalue weighted by atomic mass is 10.2. The minimum absolute atomic E-state index is 0.234. The second-order valence-electron chi connectivity index (χ2n) is 5.88. The average Bonchev–Trinajstić information content (AvgIpc) is 2.63. The molecule has 0 radical (unpaired) electrons. The highest BCUT2D eigenvalue weighted by atomic mass is 32.2. The highest BCUT2D eigenvalue weighted by Gasteiger charge is 2.11. The van der Waals surface area contributed by atoms with Crippen LogP contribution in [0.2, 0.25) is 0 Å². The first-order valence-corrected chi connectivity index (χ1v) is 10.2. The topological polar surface area (TPSA) is 88.1 Å². The molecule has 2 aromatic heterocycles. The van der Waals surface area contributed by atoms with E-state index in [9.17, 15) is 8.42 Å². The number of nitrogens with one attached hydrogen (secondary N) is 1. The van der Waals surface area contributed by atoms with Gasteiger partial charge in [-0.2, -0.15) is 0 Å². The number of aromatic nitrogens is 3. The largest absolute Gasteiger partial charge is 0.357 e. The molecule has 0 fully saturated rings. The lowest BCUT2D eigenvalue weighted by molar-refractivity contribution is 0.602. The Morgan fingerprint density at radius 3 is 2.42 bits per heavy atom. The predicted octanol–water partition coefficient (Wildman–Crippen LogP) is 3.02. The van der Waals surface area contributed by atoms with Gasteiger partial charge >= 0.3 is 0 Å². The van der Waals surface area contributed by atoms with Gasteiger partial charge in [-0.1, -0.05) is 0 Å². The van der Waals surface area contributed by atoms with Crippen LogP contribution in [0.25, 0.3) is 10.9 Å². The molecule has 1 N–H and O–H groups in total. The summed E-state index contributed by atoms with van der Waals surface area (Å²) in [5, 5.41) is 3.84. The van der Waals surface area contributed by atoms with Crippen molar-refractivity contribution < 1.29 is 8.42 Å². The second-order valence-corrected chi connectivity index (χ2v) is 7.89. The van der Waals surface area contributed by atoms with Crippen molar-refractivity contribution in [1.29, 1.82) is 0 Å². The van der Waals surface area contributed by atoms with E-state index in [0.29, 0.717) is 16.7 Å². The van der Waals surface area contributed by atoms with Crippen molar-refractivity contribution in [3.63, 3.8) is 0 Å². The monoisotopic (exact) mass is 371 g/mol. The Morgan fingerprint density at radius 2 is 1.81 bits per heavy atom. The van der Waals surface area contributed by atoms with Gasteiger partial charge in [0.2, 0.25) is 0 Å². The van der Waals surface area contributed by atoms with E-state index in [1.807, 2.05) is 12.1 Å². The van der Waals surface area contributed by atoms with E-state index < -0.39 is 9.84 Å². The summed E-state index contributed by atoms with van der Waals surface area (Å²) in [6.45, 7) is 5.95. The summed E-state index contributed by atoms with van der Waals surface area (Å²) in [6.07, 6.45) is 4.37. The lowest BCUT2D eigenvalue weighted by Crippen LogP contribution is -2.22. The van der Waals surface area contributed by atoms with Crippen molar-refractivity contribution in [2.75, 3.05) is 29.6 Å². The molecule has 2 heterocycles. The molecule has 0 atom stereocenters. The molecule has 26 heavy (non-hydrogen) atoms. The van der Waals surface area contributed by atoms with Gasteiger partial charge in [0.05, 0.1) is 22.3 Å². The predicted molar refractivity (Wildman–Crippen MR) is 104 cm³/mol. The molecule has 0 spiro atoms. The van der Waals surface area contributed by atoms with Crippen LogP contribution in [0, 0.1) is 0 Å². The van der Waals surface area contributed by atoms with Gasteiger partial charge in [-0.3, -0.25) is 0 Å². The summed E-state index contributed by atoms with van der Waals surface area (Å²) in [4.78, 5) is 15.3. The molecule has 0 aliphatic rings. The number of pyridine rings is 1. The molecule has 8 heteroatoms. The summed E-state index contributed by atoms with van der Waals surface area (Å²) in [7, 11) is -3.31. The fraction of sp³-hybridized carbons (Fsp3) is 0.278. The Hall–Kier alpha value is -2.74. The Labute approximate surface area is 153 Å².